The van der Waals surface area contributed by atoms with Gasteiger partial charge in [0.2, 0.25) is 0 Å². The van der Waals surface area contributed by atoms with E-state index in [1.54, 1.807) is 0 Å². The molecular weight excluding hydrogens is 327 g/mol. The predicted molar refractivity (Wildman–Crippen MR) is 77.3 cm³/mol. The van der Waals surface area contributed by atoms with E-state index in [9.17, 15) is 22.8 Å². The number of ether oxygens (including phenoxy) is 1. The second-order valence-corrected chi connectivity index (χ2v) is 5.21. The fraction of sp³-hybridized carbons (Fsp3) is 0.250. The fourth-order valence-corrected chi connectivity index (χ4v) is 2.38. The maximum Gasteiger partial charge on any atom is 0.416 e. The second kappa shape index (κ2) is 5.70. The molecule has 8 heteroatoms. The van der Waals surface area contributed by atoms with E-state index in [-0.39, 0.29) is 41.9 Å². The Morgan fingerprint density at radius 2 is 1.83 bits per heavy atom. The van der Waals surface area contributed by atoms with E-state index in [4.69, 9.17) is 9.15 Å². The number of ketones is 1. The maximum absolute atomic E-state index is 12.9. The van der Waals surface area contributed by atoms with Gasteiger partial charge in [-0.3, -0.25) is 14.5 Å². The first-order chi connectivity index (χ1) is 11.3. The summed E-state index contributed by atoms with van der Waals surface area (Å²) >= 11 is 0. The molecule has 1 amide bonds. The molecule has 0 unspecified atom stereocenters. The summed E-state index contributed by atoms with van der Waals surface area (Å²) in [6.07, 6.45) is -4.53. The van der Waals surface area contributed by atoms with Gasteiger partial charge in [-0.25, -0.2) is 0 Å². The summed E-state index contributed by atoms with van der Waals surface area (Å²) in [5.41, 5.74) is -0.865. The number of hydrogen-bond acceptors (Lipinski definition) is 4. The summed E-state index contributed by atoms with van der Waals surface area (Å²) in [4.78, 5) is 24.9. The van der Waals surface area contributed by atoms with Crippen LogP contribution in [0.3, 0.4) is 0 Å². The molecule has 0 spiro atoms. The third-order valence-corrected chi connectivity index (χ3v) is 3.56. The standard InChI is InChI=1S/C16H12F3NO4/c1-9(21)12-4-5-14(24-12)15(22)20-6-7-23-13-3-2-10(8-11(13)20)16(17,18)19/h2-5,8H,6-7H2,1H3. The molecule has 0 bridgehead atoms. The lowest BCUT2D eigenvalue weighted by Gasteiger charge is -2.29. The molecule has 5 nitrogen and oxygen atoms in total. The highest BCUT2D eigenvalue weighted by atomic mass is 19.4. The normalized spacial score (nSPS) is 14.1. The molecule has 3 rings (SSSR count). The number of amides is 1. The second-order valence-electron chi connectivity index (χ2n) is 5.21. The highest BCUT2D eigenvalue weighted by molar-refractivity contribution is 6.06. The van der Waals surface area contributed by atoms with Crippen molar-refractivity contribution in [3.63, 3.8) is 0 Å². The molecule has 1 aromatic carbocycles. The summed E-state index contributed by atoms with van der Waals surface area (Å²) in [6, 6.07) is 5.61. The van der Waals surface area contributed by atoms with Crippen molar-refractivity contribution in [3.05, 3.63) is 47.4 Å². The van der Waals surface area contributed by atoms with Crippen LogP contribution in [0, 0.1) is 0 Å². The van der Waals surface area contributed by atoms with Gasteiger partial charge in [-0.1, -0.05) is 0 Å². The number of benzene rings is 1. The molecule has 1 aromatic heterocycles. The van der Waals surface area contributed by atoms with Gasteiger partial charge in [0.1, 0.15) is 12.4 Å². The summed E-state index contributed by atoms with van der Waals surface area (Å²) in [6.45, 7) is 1.50. The number of hydrogen-bond donors (Lipinski definition) is 0. The lowest BCUT2D eigenvalue weighted by atomic mass is 10.1. The monoisotopic (exact) mass is 339 g/mol. The maximum atomic E-state index is 12.9. The highest BCUT2D eigenvalue weighted by Crippen LogP contribution is 2.38. The van der Waals surface area contributed by atoms with Crippen LogP contribution in [-0.2, 0) is 6.18 Å². The number of anilines is 1. The number of rotatable bonds is 2. The molecule has 0 atom stereocenters. The fourth-order valence-electron chi connectivity index (χ4n) is 2.38. The van der Waals surface area contributed by atoms with Crippen LogP contribution in [0.1, 0.15) is 33.6 Å². The Bertz CT molecular complexity index is 810. The Morgan fingerprint density at radius 3 is 2.46 bits per heavy atom. The molecule has 1 aliphatic heterocycles. The van der Waals surface area contributed by atoms with Crippen molar-refractivity contribution >= 4 is 17.4 Å². The van der Waals surface area contributed by atoms with E-state index >= 15 is 0 Å². The Balaban J connectivity index is 1.98. The van der Waals surface area contributed by atoms with Gasteiger partial charge in [-0.05, 0) is 30.3 Å². The third-order valence-electron chi connectivity index (χ3n) is 3.56. The van der Waals surface area contributed by atoms with Gasteiger partial charge in [-0.15, -0.1) is 0 Å². The zero-order valence-electron chi connectivity index (χ0n) is 12.5. The number of fused-ring (bicyclic) bond motifs is 1. The van der Waals surface area contributed by atoms with Gasteiger partial charge in [-0.2, -0.15) is 13.2 Å². The molecule has 1 aliphatic rings. The van der Waals surface area contributed by atoms with E-state index < -0.39 is 17.6 Å². The number of alkyl halides is 3. The molecule has 0 N–H and O–H groups in total. The molecule has 126 valence electrons. The smallest absolute Gasteiger partial charge is 0.416 e. The SMILES string of the molecule is CC(=O)c1ccc(C(=O)N2CCOc3ccc(C(F)(F)F)cc32)o1. The minimum Gasteiger partial charge on any atom is -0.490 e. The van der Waals surface area contributed by atoms with Gasteiger partial charge in [0.05, 0.1) is 17.8 Å². The van der Waals surface area contributed by atoms with E-state index in [1.165, 1.54) is 25.1 Å². The number of Topliss-reactive ketones (excluding diaryl/α,β-unsaturated/α-hetero) is 1. The van der Waals surface area contributed by atoms with Crippen LogP contribution in [0.4, 0.5) is 18.9 Å². The lowest BCUT2D eigenvalue weighted by Crippen LogP contribution is -2.38. The lowest BCUT2D eigenvalue weighted by molar-refractivity contribution is -0.137. The average molecular weight is 339 g/mol. The molecule has 0 aliphatic carbocycles. The minimum atomic E-state index is -4.53. The first-order valence-corrected chi connectivity index (χ1v) is 7.04. The molecule has 2 aromatic rings. The zero-order valence-corrected chi connectivity index (χ0v) is 12.5. The van der Waals surface area contributed by atoms with Crippen molar-refractivity contribution < 1.29 is 31.9 Å². The quantitative estimate of drug-likeness (QED) is 0.785. The molecular formula is C16H12F3NO4. The molecule has 0 radical (unpaired) electrons. The van der Waals surface area contributed by atoms with Crippen LogP contribution in [0.15, 0.2) is 34.7 Å². The summed E-state index contributed by atoms with van der Waals surface area (Å²) in [7, 11) is 0. The van der Waals surface area contributed by atoms with Crippen molar-refractivity contribution in [1.82, 2.24) is 0 Å². The Morgan fingerprint density at radius 1 is 1.12 bits per heavy atom. The van der Waals surface area contributed by atoms with Crippen molar-refractivity contribution in [2.24, 2.45) is 0 Å². The van der Waals surface area contributed by atoms with E-state index in [2.05, 4.69) is 0 Å². The number of carbonyl (C=O) groups excluding carboxylic acids is 2. The van der Waals surface area contributed by atoms with Crippen LogP contribution >= 0.6 is 0 Å². The summed E-state index contributed by atoms with van der Waals surface area (Å²) in [5.74, 6) is -0.913. The minimum absolute atomic E-state index is 0.0101. The van der Waals surface area contributed by atoms with Crippen molar-refractivity contribution in [2.45, 2.75) is 13.1 Å². The van der Waals surface area contributed by atoms with E-state index in [0.717, 1.165) is 17.0 Å². The molecule has 0 saturated carbocycles. The van der Waals surface area contributed by atoms with E-state index in [1.807, 2.05) is 0 Å². The van der Waals surface area contributed by atoms with Crippen LogP contribution in [0.5, 0.6) is 5.75 Å². The topological polar surface area (TPSA) is 59.8 Å². The van der Waals surface area contributed by atoms with Crippen molar-refractivity contribution in [3.8, 4) is 5.75 Å². The average Bonchev–Trinajstić information content (AvgIpc) is 3.02. The number of nitrogens with zero attached hydrogens (tertiary/aromatic N) is 1. The Kier molecular flexibility index (Phi) is 3.82. The first-order valence-electron chi connectivity index (χ1n) is 7.04. The largest absolute Gasteiger partial charge is 0.490 e. The zero-order chi connectivity index (χ0) is 17.5. The van der Waals surface area contributed by atoms with Crippen molar-refractivity contribution in [1.29, 1.82) is 0 Å². The van der Waals surface area contributed by atoms with E-state index in [0.29, 0.717) is 0 Å². The number of carbonyl (C=O) groups is 2. The van der Waals surface area contributed by atoms with Crippen LogP contribution in [0.2, 0.25) is 0 Å². The molecule has 0 fully saturated rings. The summed E-state index contributed by atoms with van der Waals surface area (Å²) in [5, 5.41) is 0. The predicted octanol–water partition coefficient (Wildman–Crippen LogP) is 3.54. The van der Waals surface area contributed by atoms with Crippen molar-refractivity contribution in [2.75, 3.05) is 18.1 Å². The van der Waals surface area contributed by atoms with Gasteiger partial charge in [0.25, 0.3) is 5.91 Å². The third kappa shape index (κ3) is 2.86. The molecule has 24 heavy (non-hydrogen) atoms. The number of halogens is 3. The molecule has 0 saturated heterocycles. The van der Waals surface area contributed by atoms with Crippen LogP contribution < -0.4 is 9.64 Å². The number of furan rings is 1. The summed E-state index contributed by atoms with van der Waals surface area (Å²) < 4.78 is 49.2. The highest BCUT2D eigenvalue weighted by Gasteiger charge is 2.34. The van der Waals surface area contributed by atoms with Gasteiger partial charge >= 0.3 is 6.18 Å². The van der Waals surface area contributed by atoms with Gasteiger partial charge in [0, 0.05) is 6.92 Å². The van der Waals surface area contributed by atoms with Crippen LogP contribution in [0.25, 0.3) is 0 Å². The Hall–Kier alpha value is -2.77. The van der Waals surface area contributed by atoms with Crippen LogP contribution in [-0.4, -0.2) is 24.8 Å². The van der Waals surface area contributed by atoms with Gasteiger partial charge < -0.3 is 9.15 Å². The Labute approximate surface area is 134 Å². The van der Waals surface area contributed by atoms with Gasteiger partial charge in [0.15, 0.2) is 17.3 Å². The first kappa shape index (κ1) is 16.1. The molecule has 2 heterocycles.